The fourth-order valence-corrected chi connectivity index (χ4v) is 3.54. The monoisotopic (exact) mass is 362 g/mol. The lowest BCUT2D eigenvalue weighted by Crippen LogP contribution is -2.24. The Kier molecular flexibility index (Phi) is 4.26. The van der Waals surface area contributed by atoms with Crippen LogP contribution in [0.25, 0.3) is 21.9 Å². The number of benzene rings is 2. The average molecular weight is 362 g/mol. The lowest BCUT2D eigenvalue weighted by Gasteiger charge is -2.17. The summed E-state index contributed by atoms with van der Waals surface area (Å²) in [5.74, 6) is 0.627. The molecule has 1 atom stereocenters. The maximum Gasteiger partial charge on any atom is 0.247 e. The number of fused-ring (bicyclic) bond motifs is 1. The van der Waals surface area contributed by atoms with Crippen molar-refractivity contribution in [2.45, 2.75) is 19.9 Å². The molecule has 26 heavy (non-hydrogen) atoms. The number of imidazole rings is 1. The summed E-state index contributed by atoms with van der Waals surface area (Å²) in [6.07, 6.45) is 1.75. The minimum Gasteiger partial charge on any atom is -0.324 e. The summed E-state index contributed by atoms with van der Waals surface area (Å²) in [6, 6.07) is 15.2. The van der Waals surface area contributed by atoms with E-state index in [-0.39, 0.29) is 5.91 Å². The summed E-state index contributed by atoms with van der Waals surface area (Å²) < 4.78 is 1.96. The van der Waals surface area contributed by atoms with Crippen LogP contribution in [0.3, 0.4) is 0 Å². The number of aryl methyl sites for hydroxylation is 1. The van der Waals surface area contributed by atoms with Crippen molar-refractivity contribution in [3.63, 3.8) is 0 Å². The maximum absolute atomic E-state index is 12.9. The molecule has 0 aliphatic carbocycles. The summed E-state index contributed by atoms with van der Waals surface area (Å²) in [4.78, 5) is 22.0. The topological polar surface area (TPSA) is 59.8 Å². The van der Waals surface area contributed by atoms with E-state index >= 15 is 0 Å². The number of thiazole rings is 1. The zero-order valence-corrected chi connectivity index (χ0v) is 15.3. The number of amides is 1. The van der Waals surface area contributed by atoms with Gasteiger partial charge < -0.3 is 9.88 Å². The number of anilines is 1. The van der Waals surface area contributed by atoms with Crippen LogP contribution in [0.15, 0.2) is 60.1 Å². The fraction of sp³-hybridized carbons (Fsp3) is 0.150. The van der Waals surface area contributed by atoms with Crippen molar-refractivity contribution in [2.75, 3.05) is 5.32 Å². The molecule has 6 heteroatoms. The quantitative estimate of drug-likeness (QED) is 0.574. The van der Waals surface area contributed by atoms with Crippen molar-refractivity contribution in [2.24, 2.45) is 0 Å². The van der Waals surface area contributed by atoms with Gasteiger partial charge in [0.15, 0.2) is 10.8 Å². The van der Waals surface area contributed by atoms with E-state index in [0.717, 1.165) is 27.3 Å². The molecule has 0 aliphatic heterocycles. The highest BCUT2D eigenvalue weighted by Gasteiger charge is 2.23. The van der Waals surface area contributed by atoms with Gasteiger partial charge >= 0.3 is 0 Å². The molecule has 1 amide bonds. The van der Waals surface area contributed by atoms with Crippen LogP contribution in [0.4, 0.5) is 5.69 Å². The molecule has 4 rings (SSSR count). The Bertz CT molecular complexity index is 1050. The van der Waals surface area contributed by atoms with Crippen LogP contribution in [0.1, 0.15) is 18.5 Å². The Balaban J connectivity index is 1.73. The molecule has 130 valence electrons. The Morgan fingerprint density at radius 3 is 2.65 bits per heavy atom. The molecule has 0 saturated carbocycles. The van der Waals surface area contributed by atoms with Crippen LogP contribution in [-0.4, -0.2) is 20.4 Å². The van der Waals surface area contributed by atoms with Gasteiger partial charge in [-0.1, -0.05) is 29.8 Å². The molecule has 0 spiro atoms. The van der Waals surface area contributed by atoms with Gasteiger partial charge in [-0.2, -0.15) is 0 Å². The Morgan fingerprint density at radius 2 is 1.92 bits per heavy atom. The highest BCUT2D eigenvalue weighted by Crippen LogP contribution is 2.30. The molecular weight excluding hydrogens is 344 g/mol. The van der Waals surface area contributed by atoms with Crippen molar-refractivity contribution < 1.29 is 4.79 Å². The summed E-state index contributed by atoms with van der Waals surface area (Å²) in [5.41, 5.74) is 3.72. The molecule has 1 unspecified atom stereocenters. The Labute approximate surface area is 155 Å². The summed E-state index contributed by atoms with van der Waals surface area (Å²) in [5, 5.41) is 5.70. The average Bonchev–Trinajstić information content (AvgIpc) is 3.30. The standard InChI is InChI=1S/C20H18N4OS/c1-13-7-9-15(10-8-13)22-19(25)14(2)24-17-6-4-3-5-16(17)23-18(24)20-21-11-12-26-20/h3-12,14H,1-2H3,(H,22,25). The van der Waals surface area contributed by atoms with Crippen molar-refractivity contribution >= 4 is 34.0 Å². The third-order valence-electron chi connectivity index (χ3n) is 4.31. The van der Waals surface area contributed by atoms with E-state index in [9.17, 15) is 4.79 Å². The van der Waals surface area contributed by atoms with Gasteiger partial charge in [0.2, 0.25) is 5.91 Å². The number of nitrogens with zero attached hydrogens (tertiary/aromatic N) is 3. The number of nitrogens with one attached hydrogen (secondary N) is 1. The second kappa shape index (κ2) is 6.72. The van der Waals surface area contributed by atoms with Crippen molar-refractivity contribution in [3.05, 3.63) is 65.7 Å². The zero-order chi connectivity index (χ0) is 18.1. The minimum atomic E-state index is -0.428. The molecule has 0 bridgehead atoms. The molecule has 4 aromatic rings. The van der Waals surface area contributed by atoms with E-state index in [0.29, 0.717) is 5.82 Å². The third kappa shape index (κ3) is 2.99. The van der Waals surface area contributed by atoms with Gasteiger partial charge in [0.25, 0.3) is 0 Å². The zero-order valence-electron chi connectivity index (χ0n) is 14.5. The molecule has 0 aliphatic rings. The van der Waals surface area contributed by atoms with Gasteiger partial charge in [0.05, 0.1) is 11.0 Å². The van der Waals surface area contributed by atoms with E-state index < -0.39 is 6.04 Å². The number of hydrogen-bond donors (Lipinski definition) is 1. The van der Waals surface area contributed by atoms with Crippen molar-refractivity contribution in [1.29, 1.82) is 0 Å². The molecule has 0 fully saturated rings. The molecule has 2 heterocycles. The molecular formula is C20H18N4OS. The summed E-state index contributed by atoms with van der Waals surface area (Å²) >= 11 is 1.51. The van der Waals surface area contributed by atoms with Crippen LogP contribution >= 0.6 is 11.3 Å². The predicted molar refractivity (Wildman–Crippen MR) is 105 cm³/mol. The summed E-state index contributed by atoms with van der Waals surface area (Å²) in [7, 11) is 0. The Morgan fingerprint density at radius 1 is 1.15 bits per heavy atom. The molecule has 0 saturated heterocycles. The fourth-order valence-electron chi connectivity index (χ4n) is 2.92. The van der Waals surface area contributed by atoms with E-state index in [1.54, 1.807) is 6.20 Å². The van der Waals surface area contributed by atoms with Crippen molar-refractivity contribution in [3.8, 4) is 10.8 Å². The lowest BCUT2D eigenvalue weighted by atomic mass is 10.2. The smallest absolute Gasteiger partial charge is 0.247 e. The van der Waals surface area contributed by atoms with Gasteiger partial charge in [-0.3, -0.25) is 4.79 Å². The number of carbonyl (C=O) groups is 1. The first-order chi connectivity index (χ1) is 12.6. The normalized spacial score (nSPS) is 12.2. The van der Waals surface area contributed by atoms with Gasteiger partial charge in [-0.15, -0.1) is 11.3 Å². The first-order valence-corrected chi connectivity index (χ1v) is 9.26. The highest BCUT2D eigenvalue weighted by atomic mass is 32.1. The third-order valence-corrected chi connectivity index (χ3v) is 5.07. The summed E-state index contributed by atoms with van der Waals surface area (Å²) in [6.45, 7) is 3.90. The largest absolute Gasteiger partial charge is 0.324 e. The van der Waals surface area contributed by atoms with Crippen LogP contribution in [-0.2, 0) is 4.79 Å². The van der Waals surface area contributed by atoms with Gasteiger partial charge in [-0.25, -0.2) is 9.97 Å². The van der Waals surface area contributed by atoms with Crippen LogP contribution in [0, 0.1) is 6.92 Å². The number of carbonyl (C=O) groups excluding carboxylic acids is 1. The van der Waals surface area contributed by atoms with Gasteiger partial charge in [0, 0.05) is 17.3 Å². The Hall–Kier alpha value is -2.99. The molecule has 2 aromatic carbocycles. The number of hydrogen-bond acceptors (Lipinski definition) is 4. The SMILES string of the molecule is Cc1ccc(NC(=O)C(C)n2c(-c3nccs3)nc3ccccc32)cc1. The van der Waals surface area contributed by atoms with Crippen LogP contribution in [0.2, 0.25) is 0 Å². The molecule has 5 nitrogen and oxygen atoms in total. The van der Waals surface area contributed by atoms with E-state index in [2.05, 4.69) is 10.3 Å². The second-order valence-electron chi connectivity index (χ2n) is 6.16. The molecule has 1 N–H and O–H groups in total. The molecule has 2 aromatic heterocycles. The number of para-hydroxylation sites is 2. The van der Waals surface area contributed by atoms with Crippen LogP contribution < -0.4 is 5.32 Å². The second-order valence-corrected chi connectivity index (χ2v) is 7.06. The highest BCUT2D eigenvalue weighted by molar-refractivity contribution is 7.13. The van der Waals surface area contributed by atoms with Crippen LogP contribution in [0.5, 0.6) is 0 Å². The van der Waals surface area contributed by atoms with E-state index in [4.69, 9.17) is 4.98 Å². The number of rotatable bonds is 4. The first-order valence-electron chi connectivity index (χ1n) is 8.38. The lowest BCUT2D eigenvalue weighted by molar-refractivity contribution is -0.118. The minimum absolute atomic E-state index is 0.0881. The van der Waals surface area contributed by atoms with E-state index in [1.807, 2.05) is 72.3 Å². The number of aromatic nitrogens is 3. The maximum atomic E-state index is 12.9. The van der Waals surface area contributed by atoms with Gasteiger partial charge in [0.1, 0.15) is 6.04 Å². The van der Waals surface area contributed by atoms with E-state index in [1.165, 1.54) is 11.3 Å². The first kappa shape index (κ1) is 16.5. The molecule has 0 radical (unpaired) electrons. The predicted octanol–water partition coefficient (Wildman–Crippen LogP) is 4.67. The van der Waals surface area contributed by atoms with Crippen molar-refractivity contribution in [1.82, 2.24) is 14.5 Å². The van der Waals surface area contributed by atoms with Gasteiger partial charge in [-0.05, 0) is 38.1 Å².